The monoisotopic (exact) mass is 311 g/mol. The Morgan fingerprint density at radius 2 is 2.16 bits per heavy atom. The first-order valence-electron chi connectivity index (χ1n) is 5.88. The quantitative estimate of drug-likeness (QED) is 0.682. The normalized spacial score (nSPS) is 11.3. The number of rotatable bonds is 4. The third kappa shape index (κ3) is 2.61. The van der Waals surface area contributed by atoms with Crippen LogP contribution in [0.5, 0.6) is 0 Å². The van der Waals surface area contributed by atoms with Gasteiger partial charge in [-0.1, -0.05) is 11.6 Å². The van der Waals surface area contributed by atoms with Gasteiger partial charge in [0.25, 0.3) is 0 Å². The third-order valence-electron chi connectivity index (χ3n) is 2.84. The van der Waals surface area contributed by atoms with Gasteiger partial charge in [-0.3, -0.25) is 0 Å². The Bertz CT molecular complexity index is 705. The van der Waals surface area contributed by atoms with E-state index < -0.39 is 0 Å². The maximum Gasteiger partial charge on any atom is 0.160 e. The van der Waals surface area contributed by atoms with Crippen LogP contribution >= 0.6 is 34.5 Å². The summed E-state index contributed by atoms with van der Waals surface area (Å²) in [7, 11) is 0. The number of thiophene rings is 1. The van der Waals surface area contributed by atoms with Gasteiger partial charge in [0.05, 0.1) is 10.9 Å². The van der Waals surface area contributed by atoms with Gasteiger partial charge in [-0.25, -0.2) is 9.97 Å². The SMILES string of the molecule is ClCCc1nc2cccnc2n1Cc1ccc(Cl)s1. The summed E-state index contributed by atoms with van der Waals surface area (Å²) in [6, 6.07) is 7.81. The van der Waals surface area contributed by atoms with Crippen LogP contribution in [0, 0.1) is 0 Å². The fourth-order valence-electron chi connectivity index (χ4n) is 2.04. The van der Waals surface area contributed by atoms with Crippen molar-refractivity contribution in [2.75, 3.05) is 5.88 Å². The van der Waals surface area contributed by atoms with Crippen LogP contribution in [0.15, 0.2) is 30.5 Å². The van der Waals surface area contributed by atoms with Crippen LogP contribution in [-0.2, 0) is 13.0 Å². The number of aryl methyl sites for hydroxylation is 1. The maximum absolute atomic E-state index is 5.98. The molecular weight excluding hydrogens is 301 g/mol. The van der Waals surface area contributed by atoms with Crippen LogP contribution in [0.2, 0.25) is 4.34 Å². The lowest BCUT2D eigenvalue weighted by atomic mass is 10.4. The van der Waals surface area contributed by atoms with E-state index in [4.69, 9.17) is 23.2 Å². The topological polar surface area (TPSA) is 30.7 Å². The van der Waals surface area contributed by atoms with Gasteiger partial charge >= 0.3 is 0 Å². The van der Waals surface area contributed by atoms with E-state index in [-0.39, 0.29) is 0 Å². The van der Waals surface area contributed by atoms with Gasteiger partial charge in [-0.15, -0.1) is 22.9 Å². The number of nitrogens with zero attached hydrogens (tertiary/aromatic N) is 3. The van der Waals surface area contributed by atoms with E-state index in [2.05, 4.69) is 14.5 Å². The molecule has 3 nitrogen and oxygen atoms in total. The van der Waals surface area contributed by atoms with Gasteiger partial charge < -0.3 is 4.57 Å². The number of pyridine rings is 1. The van der Waals surface area contributed by atoms with Gasteiger partial charge in [-0.05, 0) is 24.3 Å². The average Bonchev–Trinajstić information content (AvgIpc) is 2.96. The van der Waals surface area contributed by atoms with Gasteiger partial charge in [0, 0.05) is 23.4 Å². The second-order valence-corrected chi connectivity index (χ2v) is 6.28. The summed E-state index contributed by atoms with van der Waals surface area (Å²) in [5.74, 6) is 1.52. The molecule has 3 rings (SSSR count). The van der Waals surface area contributed by atoms with Crippen molar-refractivity contribution in [1.82, 2.24) is 14.5 Å². The van der Waals surface area contributed by atoms with Gasteiger partial charge in [0.1, 0.15) is 11.3 Å². The van der Waals surface area contributed by atoms with Crippen LogP contribution < -0.4 is 0 Å². The standard InChI is InChI=1S/C13H11Cl2N3S/c14-6-5-12-17-10-2-1-7-16-13(10)18(12)8-9-3-4-11(15)19-9/h1-4,7H,5-6,8H2. The van der Waals surface area contributed by atoms with E-state index in [1.807, 2.05) is 24.3 Å². The third-order valence-corrected chi connectivity index (χ3v) is 4.25. The smallest absolute Gasteiger partial charge is 0.160 e. The Hall–Kier alpha value is -1.10. The molecule has 0 bridgehead atoms. The molecule has 0 atom stereocenters. The van der Waals surface area contributed by atoms with Gasteiger partial charge in [-0.2, -0.15) is 0 Å². The molecule has 0 saturated carbocycles. The highest BCUT2D eigenvalue weighted by Crippen LogP contribution is 2.24. The number of hydrogen-bond acceptors (Lipinski definition) is 3. The summed E-state index contributed by atoms with van der Waals surface area (Å²) in [5, 5.41) is 0. The summed E-state index contributed by atoms with van der Waals surface area (Å²) >= 11 is 13.4. The van der Waals surface area contributed by atoms with E-state index in [0.29, 0.717) is 5.88 Å². The molecule has 19 heavy (non-hydrogen) atoms. The molecule has 6 heteroatoms. The summed E-state index contributed by atoms with van der Waals surface area (Å²) in [5.41, 5.74) is 1.80. The van der Waals surface area contributed by atoms with E-state index >= 15 is 0 Å². The van der Waals surface area contributed by atoms with Crippen molar-refractivity contribution in [1.29, 1.82) is 0 Å². The van der Waals surface area contributed by atoms with E-state index in [1.165, 1.54) is 4.88 Å². The lowest BCUT2D eigenvalue weighted by Crippen LogP contribution is -2.05. The van der Waals surface area contributed by atoms with Crippen molar-refractivity contribution >= 4 is 45.7 Å². The molecule has 3 aromatic heterocycles. The molecule has 0 aliphatic carbocycles. The Morgan fingerprint density at radius 1 is 1.26 bits per heavy atom. The highest BCUT2D eigenvalue weighted by molar-refractivity contribution is 7.16. The molecule has 0 amide bonds. The number of hydrogen-bond donors (Lipinski definition) is 0. The van der Waals surface area contributed by atoms with E-state index in [0.717, 1.165) is 34.3 Å². The lowest BCUT2D eigenvalue weighted by Gasteiger charge is -2.05. The summed E-state index contributed by atoms with van der Waals surface area (Å²) in [6.45, 7) is 0.733. The highest BCUT2D eigenvalue weighted by Gasteiger charge is 2.12. The predicted molar refractivity (Wildman–Crippen MR) is 80.4 cm³/mol. The van der Waals surface area contributed by atoms with E-state index in [9.17, 15) is 0 Å². The molecule has 0 spiro atoms. The van der Waals surface area contributed by atoms with E-state index in [1.54, 1.807) is 17.5 Å². The number of alkyl halides is 1. The Balaban J connectivity index is 2.06. The molecule has 0 aliphatic rings. The number of imidazole rings is 1. The number of fused-ring (bicyclic) bond motifs is 1. The minimum atomic E-state index is 0.550. The second-order valence-electron chi connectivity index (χ2n) is 4.11. The molecule has 0 saturated heterocycles. The van der Waals surface area contributed by atoms with Crippen molar-refractivity contribution in [2.24, 2.45) is 0 Å². The zero-order valence-electron chi connectivity index (χ0n) is 10.0. The Labute approximate surface area is 124 Å². The first-order chi connectivity index (χ1) is 9.28. The maximum atomic E-state index is 5.98. The fraction of sp³-hybridized carbons (Fsp3) is 0.231. The van der Waals surface area contributed by atoms with Crippen LogP contribution in [0.3, 0.4) is 0 Å². The molecular formula is C13H11Cl2N3S. The minimum absolute atomic E-state index is 0.550. The second kappa shape index (κ2) is 5.49. The average molecular weight is 312 g/mol. The van der Waals surface area contributed by atoms with Crippen molar-refractivity contribution in [3.05, 3.63) is 45.5 Å². The number of aromatic nitrogens is 3. The molecule has 3 aromatic rings. The van der Waals surface area contributed by atoms with Crippen molar-refractivity contribution in [3.63, 3.8) is 0 Å². The van der Waals surface area contributed by atoms with Crippen molar-refractivity contribution in [3.8, 4) is 0 Å². The van der Waals surface area contributed by atoms with Crippen LogP contribution in [0.1, 0.15) is 10.7 Å². The number of halogens is 2. The van der Waals surface area contributed by atoms with Crippen LogP contribution in [-0.4, -0.2) is 20.4 Å². The van der Waals surface area contributed by atoms with Crippen molar-refractivity contribution in [2.45, 2.75) is 13.0 Å². The molecule has 0 aliphatic heterocycles. The molecule has 0 N–H and O–H groups in total. The lowest BCUT2D eigenvalue weighted by molar-refractivity contribution is 0.756. The predicted octanol–water partition coefficient (Wildman–Crippen LogP) is 3.98. The molecule has 98 valence electrons. The minimum Gasteiger partial charge on any atom is -0.307 e. The molecule has 0 radical (unpaired) electrons. The first-order valence-corrected chi connectivity index (χ1v) is 7.61. The summed E-state index contributed by atoms with van der Waals surface area (Å²) < 4.78 is 2.91. The fourth-order valence-corrected chi connectivity index (χ4v) is 3.29. The molecule has 3 heterocycles. The summed E-state index contributed by atoms with van der Waals surface area (Å²) in [6.07, 6.45) is 2.52. The van der Waals surface area contributed by atoms with Crippen LogP contribution in [0.25, 0.3) is 11.2 Å². The summed E-state index contributed by atoms with van der Waals surface area (Å²) in [4.78, 5) is 10.2. The zero-order valence-corrected chi connectivity index (χ0v) is 12.3. The van der Waals surface area contributed by atoms with Gasteiger partial charge in [0.15, 0.2) is 5.65 Å². The van der Waals surface area contributed by atoms with Crippen LogP contribution in [0.4, 0.5) is 0 Å². The first kappa shape index (κ1) is 12.9. The highest BCUT2D eigenvalue weighted by atomic mass is 35.5. The Morgan fingerprint density at radius 3 is 2.89 bits per heavy atom. The Kier molecular flexibility index (Phi) is 3.73. The largest absolute Gasteiger partial charge is 0.307 e. The molecule has 0 fully saturated rings. The molecule has 0 aromatic carbocycles. The van der Waals surface area contributed by atoms with Crippen molar-refractivity contribution < 1.29 is 0 Å². The van der Waals surface area contributed by atoms with Gasteiger partial charge in [0.2, 0.25) is 0 Å². The molecule has 0 unspecified atom stereocenters. The zero-order chi connectivity index (χ0) is 13.2.